The van der Waals surface area contributed by atoms with Gasteiger partial charge in [-0.15, -0.1) is 11.8 Å². The Balaban J connectivity index is 2.38. The van der Waals surface area contributed by atoms with Crippen molar-refractivity contribution in [1.82, 2.24) is 9.97 Å². The van der Waals surface area contributed by atoms with Gasteiger partial charge in [-0.2, -0.15) is 0 Å². The predicted molar refractivity (Wildman–Crippen MR) is 74.6 cm³/mol. The third-order valence-corrected chi connectivity index (χ3v) is 3.09. The fourth-order valence-corrected chi connectivity index (χ4v) is 1.96. The number of anilines is 3. The Labute approximate surface area is 113 Å². The fourth-order valence-electron chi connectivity index (χ4n) is 1.50. The van der Waals surface area contributed by atoms with E-state index in [-0.39, 0.29) is 17.3 Å². The molecule has 0 amide bonds. The van der Waals surface area contributed by atoms with Crippen LogP contribution < -0.4 is 11.1 Å². The Hall–Kier alpha value is -2.35. The molecule has 0 bridgehead atoms. The minimum Gasteiger partial charge on any atom is -0.378 e. The van der Waals surface area contributed by atoms with E-state index in [1.165, 1.54) is 6.33 Å². The number of nitro groups is 1. The van der Waals surface area contributed by atoms with E-state index in [0.29, 0.717) is 5.69 Å². The van der Waals surface area contributed by atoms with Gasteiger partial charge in [0.05, 0.1) is 4.92 Å². The average molecular weight is 277 g/mol. The molecule has 3 N–H and O–H groups in total. The maximum atomic E-state index is 11.0. The Bertz CT molecular complexity index is 620. The van der Waals surface area contributed by atoms with Gasteiger partial charge in [0.15, 0.2) is 0 Å². The molecule has 0 unspecified atom stereocenters. The van der Waals surface area contributed by atoms with Gasteiger partial charge in [0, 0.05) is 10.6 Å². The first-order valence-corrected chi connectivity index (χ1v) is 6.50. The number of nitrogens with two attached hydrogens (primary N) is 1. The van der Waals surface area contributed by atoms with Crippen LogP contribution in [0.5, 0.6) is 0 Å². The molecule has 0 aliphatic rings. The normalized spacial score (nSPS) is 10.2. The Morgan fingerprint density at radius 1 is 1.42 bits per heavy atom. The zero-order valence-electron chi connectivity index (χ0n) is 10.0. The second kappa shape index (κ2) is 5.53. The van der Waals surface area contributed by atoms with Gasteiger partial charge in [0.25, 0.3) is 0 Å². The van der Waals surface area contributed by atoms with Crippen molar-refractivity contribution in [2.24, 2.45) is 0 Å². The fraction of sp³-hybridized carbons (Fsp3) is 0.0909. The summed E-state index contributed by atoms with van der Waals surface area (Å²) < 4.78 is 0. The lowest BCUT2D eigenvalue weighted by atomic mass is 10.3. The zero-order chi connectivity index (χ0) is 13.8. The van der Waals surface area contributed by atoms with Crippen LogP contribution >= 0.6 is 11.8 Å². The highest BCUT2D eigenvalue weighted by molar-refractivity contribution is 7.98. The number of nitrogens with one attached hydrogen (secondary N) is 1. The zero-order valence-corrected chi connectivity index (χ0v) is 10.8. The first-order valence-electron chi connectivity index (χ1n) is 5.27. The predicted octanol–water partition coefficient (Wildman–Crippen LogP) is 2.43. The van der Waals surface area contributed by atoms with E-state index in [1.807, 2.05) is 24.5 Å². The minimum atomic E-state index is -0.601. The number of hydrogen-bond donors (Lipinski definition) is 2. The van der Waals surface area contributed by atoms with Gasteiger partial charge in [-0.25, -0.2) is 9.97 Å². The largest absolute Gasteiger partial charge is 0.378 e. The Morgan fingerprint density at radius 2 is 2.21 bits per heavy atom. The van der Waals surface area contributed by atoms with E-state index in [4.69, 9.17) is 5.73 Å². The molecule has 98 valence electrons. The van der Waals surface area contributed by atoms with Crippen molar-refractivity contribution >= 4 is 34.8 Å². The van der Waals surface area contributed by atoms with Crippen LogP contribution in [0.4, 0.5) is 23.0 Å². The molecule has 1 aromatic carbocycles. The molecule has 2 aromatic rings. The molecule has 0 aliphatic carbocycles. The third-order valence-electron chi connectivity index (χ3n) is 2.37. The quantitative estimate of drug-likeness (QED) is 0.502. The summed E-state index contributed by atoms with van der Waals surface area (Å²) in [5, 5.41) is 13.8. The van der Waals surface area contributed by atoms with Gasteiger partial charge >= 0.3 is 5.69 Å². The smallest absolute Gasteiger partial charge is 0.353 e. The van der Waals surface area contributed by atoms with Gasteiger partial charge in [0.2, 0.25) is 11.6 Å². The highest BCUT2D eigenvalue weighted by Crippen LogP contribution is 2.30. The summed E-state index contributed by atoms with van der Waals surface area (Å²) in [6.45, 7) is 0. The number of rotatable bonds is 4. The van der Waals surface area contributed by atoms with Crippen molar-refractivity contribution in [3.05, 3.63) is 40.7 Å². The molecule has 0 spiro atoms. The summed E-state index contributed by atoms with van der Waals surface area (Å²) in [5.74, 6) is -0.0840. The standard InChI is InChI=1S/C11H11N5O2S/c1-19-8-4-2-3-7(5-8)15-11-9(16(17)18)10(12)13-6-14-11/h2-6H,1H3,(H3,12,13,14,15). The van der Waals surface area contributed by atoms with Crippen LogP contribution in [-0.2, 0) is 0 Å². The highest BCUT2D eigenvalue weighted by atomic mass is 32.2. The van der Waals surface area contributed by atoms with Gasteiger partial charge in [-0.05, 0) is 24.5 Å². The summed E-state index contributed by atoms with van der Waals surface area (Å²) in [7, 11) is 0. The molecule has 7 nitrogen and oxygen atoms in total. The van der Waals surface area contributed by atoms with E-state index < -0.39 is 4.92 Å². The summed E-state index contributed by atoms with van der Waals surface area (Å²) in [6, 6.07) is 7.46. The first kappa shape index (κ1) is 13.1. The van der Waals surface area contributed by atoms with Crippen LogP contribution in [0, 0.1) is 10.1 Å². The minimum absolute atomic E-state index is 0.0794. The Kier molecular flexibility index (Phi) is 3.81. The molecule has 0 fully saturated rings. The molecular weight excluding hydrogens is 266 g/mol. The molecule has 2 rings (SSSR count). The number of nitrogen functional groups attached to an aromatic ring is 1. The number of nitrogens with zero attached hydrogens (tertiary/aromatic N) is 3. The molecule has 1 heterocycles. The molecule has 1 aromatic heterocycles. The lowest BCUT2D eigenvalue weighted by Gasteiger charge is -2.07. The van der Waals surface area contributed by atoms with Crippen molar-refractivity contribution in [1.29, 1.82) is 0 Å². The van der Waals surface area contributed by atoms with Gasteiger partial charge in [-0.1, -0.05) is 6.07 Å². The number of hydrogen-bond acceptors (Lipinski definition) is 7. The maximum absolute atomic E-state index is 11.0. The summed E-state index contributed by atoms with van der Waals surface area (Å²) in [6.07, 6.45) is 3.13. The molecule has 8 heteroatoms. The van der Waals surface area contributed by atoms with Gasteiger partial charge in [-0.3, -0.25) is 10.1 Å². The molecule has 0 atom stereocenters. The number of aromatic nitrogens is 2. The lowest BCUT2D eigenvalue weighted by molar-refractivity contribution is -0.383. The van der Waals surface area contributed by atoms with Crippen LogP contribution in [0.15, 0.2) is 35.5 Å². The summed E-state index contributed by atoms with van der Waals surface area (Å²) >= 11 is 1.58. The third kappa shape index (κ3) is 2.91. The van der Waals surface area contributed by atoms with E-state index in [0.717, 1.165) is 4.90 Å². The van der Waals surface area contributed by atoms with Crippen LogP contribution in [-0.4, -0.2) is 21.1 Å². The van der Waals surface area contributed by atoms with Crippen LogP contribution in [0.25, 0.3) is 0 Å². The number of benzene rings is 1. The molecule has 0 saturated heterocycles. The molecule has 19 heavy (non-hydrogen) atoms. The lowest BCUT2D eigenvalue weighted by Crippen LogP contribution is -2.04. The average Bonchev–Trinajstić information content (AvgIpc) is 2.38. The first-order chi connectivity index (χ1) is 9.11. The van der Waals surface area contributed by atoms with Crippen molar-refractivity contribution in [2.45, 2.75) is 4.90 Å². The molecular formula is C11H11N5O2S. The van der Waals surface area contributed by atoms with Crippen LogP contribution in [0.1, 0.15) is 0 Å². The topological polar surface area (TPSA) is 107 Å². The SMILES string of the molecule is CSc1cccc(Nc2ncnc(N)c2[N+](=O)[O-])c1. The van der Waals surface area contributed by atoms with E-state index in [2.05, 4.69) is 15.3 Å². The van der Waals surface area contributed by atoms with Gasteiger partial charge in [0.1, 0.15) is 6.33 Å². The van der Waals surface area contributed by atoms with Crippen molar-refractivity contribution in [3.8, 4) is 0 Å². The van der Waals surface area contributed by atoms with E-state index in [9.17, 15) is 10.1 Å². The number of thioether (sulfide) groups is 1. The second-order valence-electron chi connectivity index (χ2n) is 3.57. The van der Waals surface area contributed by atoms with Crippen molar-refractivity contribution in [2.75, 3.05) is 17.3 Å². The monoisotopic (exact) mass is 277 g/mol. The highest BCUT2D eigenvalue weighted by Gasteiger charge is 2.20. The molecule has 0 saturated carbocycles. The van der Waals surface area contributed by atoms with Crippen molar-refractivity contribution < 1.29 is 4.92 Å². The van der Waals surface area contributed by atoms with E-state index in [1.54, 1.807) is 17.8 Å². The van der Waals surface area contributed by atoms with Crippen LogP contribution in [0.2, 0.25) is 0 Å². The maximum Gasteiger partial charge on any atom is 0.353 e. The van der Waals surface area contributed by atoms with E-state index >= 15 is 0 Å². The molecule has 0 aliphatic heterocycles. The van der Waals surface area contributed by atoms with Crippen molar-refractivity contribution in [3.63, 3.8) is 0 Å². The summed E-state index contributed by atoms with van der Waals surface area (Å²) in [4.78, 5) is 18.9. The Morgan fingerprint density at radius 3 is 2.89 bits per heavy atom. The van der Waals surface area contributed by atoms with Crippen LogP contribution in [0.3, 0.4) is 0 Å². The summed E-state index contributed by atoms with van der Waals surface area (Å²) in [5.41, 5.74) is 5.87. The van der Waals surface area contributed by atoms with Gasteiger partial charge < -0.3 is 11.1 Å². The molecule has 0 radical (unpaired) electrons. The second-order valence-corrected chi connectivity index (χ2v) is 4.45.